The number of hydrogen-bond acceptors (Lipinski definition) is 6. The Hall–Kier alpha value is -1.95. The van der Waals surface area contributed by atoms with Crippen LogP contribution in [0.25, 0.3) is 11.5 Å². The standard InChI is InChI=1S/C8H9N5O/c9-2-8-12-5(1-7(10)13-8)6-3-11-4-14-6/h1,3-4H,2,9H2,(H2,10,12,13). The number of rotatable bonds is 2. The second-order valence-corrected chi connectivity index (χ2v) is 2.66. The molecule has 0 saturated heterocycles. The third-order valence-electron chi connectivity index (χ3n) is 1.66. The van der Waals surface area contributed by atoms with E-state index in [1.54, 1.807) is 12.3 Å². The predicted molar refractivity (Wildman–Crippen MR) is 49.8 cm³/mol. The van der Waals surface area contributed by atoms with E-state index in [1.807, 2.05) is 0 Å². The van der Waals surface area contributed by atoms with Crippen molar-refractivity contribution >= 4 is 5.82 Å². The normalized spacial score (nSPS) is 10.4. The van der Waals surface area contributed by atoms with Crippen molar-refractivity contribution in [3.63, 3.8) is 0 Å². The number of nitrogen functional groups attached to an aromatic ring is 1. The summed E-state index contributed by atoms with van der Waals surface area (Å²) in [5, 5.41) is 0. The van der Waals surface area contributed by atoms with Gasteiger partial charge >= 0.3 is 0 Å². The summed E-state index contributed by atoms with van der Waals surface area (Å²) in [5.41, 5.74) is 11.6. The zero-order valence-corrected chi connectivity index (χ0v) is 7.34. The molecule has 0 aliphatic rings. The van der Waals surface area contributed by atoms with Crippen LogP contribution in [0.5, 0.6) is 0 Å². The van der Waals surface area contributed by atoms with Gasteiger partial charge in [-0.3, -0.25) is 0 Å². The number of aromatic nitrogens is 3. The van der Waals surface area contributed by atoms with E-state index in [0.29, 0.717) is 23.1 Å². The fraction of sp³-hybridized carbons (Fsp3) is 0.125. The Bertz CT molecular complexity index is 425. The summed E-state index contributed by atoms with van der Waals surface area (Å²) in [6.45, 7) is 0.242. The van der Waals surface area contributed by atoms with Gasteiger partial charge in [0.2, 0.25) is 0 Å². The maximum Gasteiger partial charge on any atom is 0.181 e. The third-order valence-corrected chi connectivity index (χ3v) is 1.66. The Labute approximate surface area is 80.0 Å². The Morgan fingerprint density at radius 3 is 2.86 bits per heavy atom. The molecular weight excluding hydrogens is 182 g/mol. The monoisotopic (exact) mass is 191 g/mol. The highest BCUT2D eigenvalue weighted by atomic mass is 16.3. The van der Waals surface area contributed by atoms with E-state index in [2.05, 4.69) is 15.0 Å². The van der Waals surface area contributed by atoms with E-state index in [9.17, 15) is 0 Å². The molecule has 4 N–H and O–H groups in total. The molecular formula is C8H9N5O. The van der Waals surface area contributed by atoms with E-state index in [-0.39, 0.29) is 6.54 Å². The van der Waals surface area contributed by atoms with E-state index in [0.717, 1.165) is 0 Å². The van der Waals surface area contributed by atoms with E-state index in [4.69, 9.17) is 15.9 Å². The van der Waals surface area contributed by atoms with Crippen molar-refractivity contribution < 1.29 is 4.42 Å². The lowest BCUT2D eigenvalue weighted by molar-refractivity contribution is 0.569. The molecule has 0 atom stereocenters. The van der Waals surface area contributed by atoms with Crippen LogP contribution in [0.3, 0.4) is 0 Å². The molecule has 6 nitrogen and oxygen atoms in total. The number of hydrogen-bond donors (Lipinski definition) is 2. The molecule has 0 unspecified atom stereocenters. The van der Waals surface area contributed by atoms with Gasteiger partial charge < -0.3 is 15.9 Å². The smallest absolute Gasteiger partial charge is 0.181 e. The van der Waals surface area contributed by atoms with E-state index in [1.165, 1.54) is 6.39 Å². The van der Waals surface area contributed by atoms with E-state index >= 15 is 0 Å². The van der Waals surface area contributed by atoms with Crippen LogP contribution in [0.15, 0.2) is 23.1 Å². The number of oxazole rings is 1. The van der Waals surface area contributed by atoms with Gasteiger partial charge in [-0.25, -0.2) is 15.0 Å². The predicted octanol–water partition coefficient (Wildman–Crippen LogP) is 0.172. The molecule has 0 aromatic carbocycles. The first kappa shape index (κ1) is 8.64. The molecule has 14 heavy (non-hydrogen) atoms. The molecule has 0 amide bonds. The second kappa shape index (κ2) is 3.43. The lowest BCUT2D eigenvalue weighted by Gasteiger charge is -2.00. The molecule has 0 saturated carbocycles. The Balaban J connectivity index is 2.48. The average Bonchev–Trinajstić information content (AvgIpc) is 2.69. The van der Waals surface area contributed by atoms with Gasteiger partial charge in [-0.1, -0.05) is 0 Å². The van der Waals surface area contributed by atoms with Crippen molar-refractivity contribution in [1.82, 2.24) is 15.0 Å². The summed E-state index contributed by atoms with van der Waals surface area (Å²) in [7, 11) is 0. The second-order valence-electron chi connectivity index (χ2n) is 2.66. The molecule has 0 bridgehead atoms. The zero-order valence-electron chi connectivity index (χ0n) is 7.34. The third kappa shape index (κ3) is 1.55. The topological polar surface area (TPSA) is 104 Å². The van der Waals surface area contributed by atoms with Crippen molar-refractivity contribution in [2.75, 3.05) is 5.73 Å². The Morgan fingerprint density at radius 1 is 1.36 bits per heavy atom. The zero-order chi connectivity index (χ0) is 9.97. The van der Waals surface area contributed by atoms with Crippen LogP contribution in [-0.4, -0.2) is 15.0 Å². The summed E-state index contributed by atoms with van der Waals surface area (Å²) >= 11 is 0. The highest BCUT2D eigenvalue weighted by Crippen LogP contribution is 2.17. The summed E-state index contributed by atoms with van der Waals surface area (Å²) in [6.07, 6.45) is 2.89. The molecule has 2 aromatic heterocycles. The van der Waals surface area contributed by atoms with Gasteiger partial charge in [-0.2, -0.15) is 0 Å². The minimum Gasteiger partial charge on any atom is -0.442 e. The highest BCUT2D eigenvalue weighted by Gasteiger charge is 2.06. The van der Waals surface area contributed by atoms with Crippen LogP contribution in [-0.2, 0) is 6.54 Å². The van der Waals surface area contributed by atoms with Gasteiger partial charge in [0.05, 0.1) is 12.7 Å². The van der Waals surface area contributed by atoms with E-state index < -0.39 is 0 Å². The quantitative estimate of drug-likeness (QED) is 0.701. The van der Waals surface area contributed by atoms with Crippen LogP contribution in [0.4, 0.5) is 5.82 Å². The summed E-state index contributed by atoms with van der Waals surface area (Å²) in [5.74, 6) is 1.40. The molecule has 2 heterocycles. The molecule has 6 heteroatoms. The molecule has 0 fully saturated rings. The van der Waals surface area contributed by atoms with Gasteiger partial charge in [0.25, 0.3) is 0 Å². The van der Waals surface area contributed by atoms with Crippen LogP contribution in [0, 0.1) is 0 Å². The van der Waals surface area contributed by atoms with Crippen LogP contribution in [0.1, 0.15) is 5.82 Å². The minimum absolute atomic E-state index is 0.242. The van der Waals surface area contributed by atoms with Crippen LogP contribution in [0.2, 0.25) is 0 Å². The number of nitrogens with zero attached hydrogens (tertiary/aromatic N) is 3. The van der Waals surface area contributed by atoms with Gasteiger partial charge in [-0.05, 0) is 0 Å². The van der Waals surface area contributed by atoms with Crippen molar-refractivity contribution in [2.45, 2.75) is 6.54 Å². The average molecular weight is 191 g/mol. The first-order valence-corrected chi connectivity index (χ1v) is 4.02. The summed E-state index contributed by atoms with van der Waals surface area (Å²) < 4.78 is 5.08. The molecule has 2 rings (SSSR count). The first-order valence-electron chi connectivity index (χ1n) is 4.02. The van der Waals surface area contributed by atoms with Crippen LogP contribution < -0.4 is 11.5 Å². The first-order chi connectivity index (χ1) is 6.79. The van der Waals surface area contributed by atoms with Crippen LogP contribution >= 0.6 is 0 Å². The summed E-state index contributed by atoms with van der Waals surface area (Å²) in [4.78, 5) is 11.9. The van der Waals surface area contributed by atoms with Gasteiger partial charge in [-0.15, -0.1) is 0 Å². The lowest BCUT2D eigenvalue weighted by Crippen LogP contribution is -2.06. The minimum atomic E-state index is 0.242. The van der Waals surface area contributed by atoms with Crippen molar-refractivity contribution in [1.29, 1.82) is 0 Å². The SMILES string of the molecule is NCc1nc(N)cc(-c2cnco2)n1. The fourth-order valence-electron chi connectivity index (χ4n) is 1.08. The van der Waals surface area contributed by atoms with Crippen molar-refractivity contribution in [3.8, 4) is 11.5 Å². The number of nitrogens with two attached hydrogens (primary N) is 2. The molecule has 0 aliphatic carbocycles. The Kier molecular flexibility index (Phi) is 2.11. The van der Waals surface area contributed by atoms with Gasteiger partial charge in [0, 0.05) is 6.07 Å². The molecule has 72 valence electrons. The van der Waals surface area contributed by atoms with Crippen molar-refractivity contribution in [3.05, 3.63) is 24.5 Å². The summed E-state index contributed by atoms with van der Waals surface area (Å²) in [6, 6.07) is 1.61. The molecule has 2 aromatic rings. The molecule has 0 aliphatic heterocycles. The lowest BCUT2D eigenvalue weighted by atomic mass is 10.3. The number of anilines is 1. The largest absolute Gasteiger partial charge is 0.442 e. The molecule has 0 radical (unpaired) electrons. The van der Waals surface area contributed by atoms with Gasteiger partial charge in [0.1, 0.15) is 17.3 Å². The van der Waals surface area contributed by atoms with Gasteiger partial charge in [0.15, 0.2) is 12.2 Å². The fourth-order valence-corrected chi connectivity index (χ4v) is 1.08. The van der Waals surface area contributed by atoms with Crippen molar-refractivity contribution in [2.24, 2.45) is 5.73 Å². The molecule has 0 spiro atoms. The maximum atomic E-state index is 5.57. The Morgan fingerprint density at radius 2 is 2.21 bits per heavy atom. The maximum absolute atomic E-state index is 5.57. The highest BCUT2D eigenvalue weighted by molar-refractivity contribution is 5.54.